The Kier molecular flexibility index (Phi) is 4.14. The zero-order valence-corrected chi connectivity index (χ0v) is 12.5. The van der Waals surface area contributed by atoms with Crippen molar-refractivity contribution in [3.8, 4) is 11.5 Å². The first-order valence-corrected chi connectivity index (χ1v) is 7.21. The van der Waals surface area contributed by atoms with Crippen molar-refractivity contribution < 1.29 is 23.0 Å². The second-order valence-corrected chi connectivity index (χ2v) is 5.13. The van der Waals surface area contributed by atoms with Crippen molar-refractivity contribution in [3.05, 3.63) is 59.2 Å². The summed E-state index contributed by atoms with van der Waals surface area (Å²) in [6.07, 6.45) is 0. The summed E-state index contributed by atoms with van der Waals surface area (Å²) in [5.41, 5.74) is 0.695. The predicted molar refractivity (Wildman–Crippen MR) is 79.3 cm³/mol. The third-order valence-electron chi connectivity index (χ3n) is 3.64. The molecule has 0 saturated heterocycles. The highest BCUT2D eigenvalue weighted by molar-refractivity contribution is 5.94. The second-order valence-electron chi connectivity index (χ2n) is 5.13. The van der Waals surface area contributed by atoms with Crippen LogP contribution in [0.3, 0.4) is 0 Å². The second kappa shape index (κ2) is 6.24. The van der Waals surface area contributed by atoms with Crippen LogP contribution in [-0.4, -0.2) is 24.1 Å². The molecule has 2 aromatic carbocycles. The average Bonchev–Trinajstić information content (AvgIpc) is 2.99. The first-order valence-electron chi connectivity index (χ1n) is 7.21. The molecule has 0 radical (unpaired) electrons. The number of amides is 1. The molecule has 0 fully saturated rings. The van der Waals surface area contributed by atoms with Crippen LogP contribution in [-0.2, 0) is 6.54 Å². The minimum atomic E-state index is -0.862. The molecule has 0 aromatic heterocycles. The third kappa shape index (κ3) is 3.11. The van der Waals surface area contributed by atoms with Gasteiger partial charge in [-0.15, -0.1) is 0 Å². The van der Waals surface area contributed by atoms with Gasteiger partial charge in [-0.3, -0.25) is 4.79 Å². The molecule has 0 saturated carbocycles. The number of ether oxygens (including phenoxy) is 2. The van der Waals surface area contributed by atoms with E-state index in [1.165, 1.54) is 4.90 Å². The Morgan fingerprint density at radius 3 is 2.65 bits per heavy atom. The molecule has 2 aromatic rings. The van der Waals surface area contributed by atoms with Crippen LogP contribution in [0.25, 0.3) is 0 Å². The third-order valence-corrected chi connectivity index (χ3v) is 3.64. The van der Waals surface area contributed by atoms with Crippen LogP contribution in [0, 0.1) is 11.6 Å². The standard InChI is InChI=1S/C17H15F2NO3/c1-2-20(17(21)13-5-4-12(18)8-14(13)19)9-11-3-6-15-16(7-11)23-10-22-15/h3-8H,2,9-10H2,1H3. The summed E-state index contributed by atoms with van der Waals surface area (Å²) >= 11 is 0. The molecule has 3 rings (SSSR count). The van der Waals surface area contributed by atoms with E-state index in [0.29, 0.717) is 30.7 Å². The van der Waals surface area contributed by atoms with Crippen LogP contribution < -0.4 is 9.47 Å². The van der Waals surface area contributed by atoms with E-state index in [4.69, 9.17) is 9.47 Å². The fourth-order valence-electron chi connectivity index (χ4n) is 2.42. The summed E-state index contributed by atoms with van der Waals surface area (Å²) in [4.78, 5) is 13.9. The lowest BCUT2D eigenvalue weighted by Crippen LogP contribution is -2.31. The summed E-state index contributed by atoms with van der Waals surface area (Å²) < 4.78 is 37.3. The maximum Gasteiger partial charge on any atom is 0.257 e. The number of carbonyl (C=O) groups excluding carboxylic acids is 1. The Morgan fingerprint density at radius 1 is 1.13 bits per heavy atom. The van der Waals surface area contributed by atoms with Crippen LogP contribution in [0.4, 0.5) is 8.78 Å². The van der Waals surface area contributed by atoms with Gasteiger partial charge in [0.2, 0.25) is 6.79 Å². The first-order chi connectivity index (χ1) is 11.1. The molecule has 1 amide bonds. The lowest BCUT2D eigenvalue weighted by atomic mass is 10.1. The monoisotopic (exact) mass is 319 g/mol. The SMILES string of the molecule is CCN(Cc1ccc2c(c1)OCO2)C(=O)c1ccc(F)cc1F. The smallest absolute Gasteiger partial charge is 0.257 e. The van der Waals surface area contributed by atoms with Crippen LogP contribution in [0.5, 0.6) is 11.5 Å². The van der Waals surface area contributed by atoms with Crippen LogP contribution in [0.2, 0.25) is 0 Å². The molecular formula is C17H15F2NO3. The van der Waals surface area contributed by atoms with Crippen molar-refractivity contribution in [1.29, 1.82) is 0 Å². The molecule has 0 bridgehead atoms. The van der Waals surface area contributed by atoms with Gasteiger partial charge in [0.1, 0.15) is 11.6 Å². The highest BCUT2D eigenvalue weighted by atomic mass is 19.1. The molecule has 0 unspecified atom stereocenters. The van der Waals surface area contributed by atoms with E-state index in [9.17, 15) is 13.6 Å². The van der Waals surface area contributed by atoms with Crippen molar-refractivity contribution in [2.24, 2.45) is 0 Å². The summed E-state index contributed by atoms with van der Waals surface area (Å²) in [5, 5.41) is 0. The largest absolute Gasteiger partial charge is 0.454 e. The van der Waals surface area contributed by atoms with Gasteiger partial charge in [-0.1, -0.05) is 6.07 Å². The van der Waals surface area contributed by atoms with E-state index >= 15 is 0 Å². The first kappa shape index (κ1) is 15.3. The lowest BCUT2D eigenvalue weighted by Gasteiger charge is -2.21. The van der Waals surface area contributed by atoms with Gasteiger partial charge < -0.3 is 14.4 Å². The number of hydrogen-bond acceptors (Lipinski definition) is 3. The maximum absolute atomic E-state index is 13.8. The van der Waals surface area contributed by atoms with E-state index in [1.807, 2.05) is 6.07 Å². The van der Waals surface area contributed by atoms with Gasteiger partial charge in [0, 0.05) is 19.2 Å². The Balaban J connectivity index is 1.80. The van der Waals surface area contributed by atoms with Gasteiger partial charge in [-0.05, 0) is 36.8 Å². The number of halogens is 2. The fraction of sp³-hybridized carbons (Fsp3) is 0.235. The minimum Gasteiger partial charge on any atom is -0.454 e. The minimum absolute atomic E-state index is 0.144. The highest BCUT2D eigenvalue weighted by Crippen LogP contribution is 2.32. The molecule has 0 atom stereocenters. The average molecular weight is 319 g/mol. The topological polar surface area (TPSA) is 38.8 Å². The molecule has 0 aliphatic carbocycles. The fourth-order valence-corrected chi connectivity index (χ4v) is 2.42. The molecule has 1 aliphatic heterocycles. The number of rotatable bonds is 4. The number of carbonyl (C=O) groups is 1. The van der Waals surface area contributed by atoms with Gasteiger partial charge in [0.05, 0.1) is 5.56 Å². The molecule has 0 N–H and O–H groups in total. The molecule has 1 heterocycles. The summed E-state index contributed by atoms with van der Waals surface area (Å²) in [6.45, 7) is 2.66. The van der Waals surface area contributed by atoms with E-state index < -0.39 is 17.5 Å². The van der Waals surface area contributed by atoms with Gasteiger partial charge in [-0.25, -0.2) is 8.78 Å². The number of fused-ring (bicyclic) bond motifs is 1. The van der Waals surface area contributed by atoms with Crippen LogP contribution in [0.15, 0.2) is 36.4 Å². The predicted octanol–water partition coefficient (Wildman–Crippen LogP) is 3.36. The lowest BCUT2D eigenvalue weighted by molar-refractivity contribution is 0.0747. The van der Waals surface area contributed by atoms with Crippen molar-refractivity contribution in [2.75, 3.05) is 13.3 Å². The van der Waals surface area contributed by atoms with Crippen molar-refractivity contribution in [3.63, 3.8) is 0 Å². The van der Waals surface area contributed by atoms with Crippen LogP contribution in [0.1, 0.15) is 22.8 Å². The van der Waals surface area contributed by atoms with E-state index in [1.54, 1.807) is 19.1 Å². The molecule has 1 aliphatic rings. The van der Waals surface area contributed by atoms with Crippen molar-refractivity contribution in [2.45, 2.75) is 13.5 Å². The molecule has 0 spiro atoms. The van der Waals surface area contributed by atoms with E-state index in [-0.39, 0.29) is 12.4 Å². The maximum atomic E-state index is 13.8. The Labute approximate surface area is 132 Å². The molecule has 6 heteroatoms. The highest BCUT2D eigenvalue weighted by Gasteiger charge is 2.20. The Hall–Kier alpha value is -2.63. The zero-order chi connectivity index (χ0) is 16.4. The van der Waals surface area contributed by atoms with Crippen molar-refractivity contribution in [1.82, 2.24) is 4.90 Å². The zero-order valence-electron chi connectivity index (χ0n) is 12.5. The number of benzene rings is 2. The summed E-state index contributed by atoms with van der Waals surface area (Å²) in [6, 6.07) is 8.33. The summed E-state index contributed by atoms with van der Waals surface area (Å²) in [5.74, 6) is -0.772. The molecular weight excluding hydrogens is 304 g/mol. The quantitative estimate of drug-likeness (QED) is 0.867. The summed E-state index contributed by atoms with van der Waals surface area (Å²) in [7, 11) is 0. The normalized spacial score (nSPS) is 12.3. The van der Waals surface area contributed by atoms with Gasteiger partial charge in [0.15, 0.2) is 11.5 Å². The van der Waals surface area contributed by atoms with E-state index in [0.717, 1.165) is 17.7 Å². The Morgan fingerprint density at radius 2 is 1.91 bits per heavy atom. The van der Waals surface area contributed by atoms with Crippen molar-refractivity contribution >= 4 is 5.91 Å². The molecule has 4 nitrogen and oxygen atoms in total. The van der Waals surface area contributed by atoms with Gasteiger partial charge in [-0.2, -0.15) is 0 Å². The van der Waals surface area contributed by atoms with Crippen LogP contribution >= 0.6 is 0 Å². The molecule has 120 valence electrons. The number of nitrogens with zero attached hydrogens (tertiary/aromatic N) is 1. The van der Waals surface area contributed by atoms with Gasteiger partial charge in [0.25, 0.3) is 5.91 Å². The molecule has 23 heavy (non-hydrogen) atoms. The van der Waals surface area contributed by atoms with Gasteiger partial charge >= 0.3 is 0 Å². The Bertz CT molecular complexity index is 749. The van der Waals surface area contributed by atoms with E-state index in [2.05, 4.69) is 0 Å². The number of hydrogen-bond donors (Lipinski definition) is 0.